The SMILES string of the molecule is c1c[n+](C2CCCCC2)cn1C12CC3CC(CC(C3)C1)C2. The van der Waals surface area contributed by atoms with Crippen LogP contribution in [0, 0.1) is 17.8 Å². The average Bonchev–Trinajstić information content (AvgIpc) is 2.97. The van der Waals surface area contributed by atoms with Crippen molar-refractivity contribution in [1.82, 2.24) is 4.57 Å². The predicted molar refractivity (Wildman–Crippen MR) is 82.9 cm³/mol. The van der Waals surface area contributed by atoms with E-state index in [0.29, 0.717) is 5.54 Å². The molecule has 21 heavy (non-hydrogen) atoms. The Bertz CT molecular complexity index is 488. The van der Waals surface area contributed by atoms with Gasteiger partial charge in [-0.3, -0.25) is 0 Å². The molecular weight excluding hydrogens is 256 g/mol. The molecule has 5 saturated carbocycles. The van der Waals surface area contributed by atoms with E-state index in [1.807, 2.05) is 0 Å². The molecule has 2 nitrogen and oxygen atoms in total. The van der Waals surface area contributed by atoms with Crippen molar-refractivity contribution in [2.24, 2.45) is 17.8 Å². The van der Waals surface area contributed by atoms with Gasteiger partial charge in [0.25, 0.3) is 0 Å². The minimum atomic E-state index is 0.509. The molecule has 5 fully saturated rings. The summed E-state index contributed by atoms with van der Waals surface area (Å²) in [5, 5.41) is 0. The summed E-state index contributed by atoms with van der Waals surface area (Å²) in [5.74, 6) is 3.13. The smallest absolute Gasteiger partial charge is 0.234 e. The fourth-order valence-electron chi connectivity index (χ4n) is 6.63. The largest absolute Gasteiger partial charge is 0.244 e. The molecule has 1 heterocycles. The van der Waals surface area contributed by atoms with Crippen LogP contribution in [0.2, 0.25) is 0 Å². The minimum absolute atomic E-state index is 0.509. The molecule has 0 amide bonds. The highest BCUT2D eigenvalue weighted by molar-refractivity contribution is 5.05. The van der Waals surface area contributed by atoms with Crippen molar-refractivity contribution < 1.29 is 4.57 Å². The molecule has 5 aliphatic carbocycles. The molecule has 0 saturated heterocycles. The van der Waals surface area contributed by atoms with Crippen molar-refractivity contribution in [1.29, 1.82) is 0 Å². The molecule has 0 N–H and O–H groups in total. The molecular formula is C19H29N2+. The second-order valence-corrected chi connectivity index (χ2v) is 8.70. The monoisotopic (exact) mass is 285 g/mol. The van der Waals surface area contributed by atoms with Crippen LogP contribution in [-0.4, -0.2) is 4.57 Å². The number of imidazole rings is 1. The molecule has 1 aromatic rings. The van der Waals surface area contributed by atoms with Crippen LogP contribution in [0.15, 0.2) is 18.7 Å². The van der Waals surface area contributed by atoms with Gasteiger partial charge in [0.1, 0.15) is 24.0 Å². The summed E-state index contributed by atoms with van der Waals surface area (Å²) in [6, 6.07) is 0.786. The fraction of sp³-hybridized carbons (Fsp3) is 0.842. The lowest BCUT2D eigenvalue weighted by Gasteiger charge is -2.54. The summed E-state index contributed by atoms with van der Waals surface area (Å²) in [7, 11) is 0. The molecule has 0 spiro atoms. The van der Waals surface area contributed by atoms with Gasteiger partial charge in [0.2, 0.25) is 6.33 Å². The number of hydrogen-bond donors (Lipinski definition) is 0. The summed E-state index contributed by atoms with van der Waals surface area (Å²) < 4.78 is 5.21. The zero-order valence-corrected chi connectivity index (χ0v) is 13.2. The van der Waals surface area contributed by atoms with E-state index in [1.54, 1.807) is 19.3 Å². The van der Waals surface area contributed by atoms with Crippen molar-refractivity contribution in [2.45, 2.75) is 82.2 Å². The predicted octanol–water partition coefficient (Wildman–Crippen LogP) is 4.21. The van der Waals surface area contributed by atoms with Gasteiger partial charge >= 0.3 is 0 Å². The Morgan fingerprint density at radius 2 is 1.48 bits per heavy atom. The Hall–Kier alpha value is -0.790. The lowest BCUT2D eigenvalue weighted by atomic mass is 9.53. The number of rotatable bonds is 2. The maximum absolute atomic E-state index is 2.66. The minimum Gasteiger partial charge on any atom is -0.234 e. The lowest BCUT2D eigenvalue weighted by Crippen LogP contribution is -2.52. The van der Waals surface area contributed by atoms with Crippen LogP contribution in [0.4, 0.5) is 0 Å². The highest BCUT2D eigenvalue weighted by Crippen LogP contribution is 2.58. The quantitative estimate of drug-likeness (QED) is 0.720. The third kappa shape index (κ3) is 2.01. The van der Waals surface area contributed by atoms with E-state index in [4.69, 9.17) is 0 Å². The molecule has 0 aromatic carbocycles. The Morgan fingerprint density at radius 1 is 0.857 bits per heavy atom. The zero-order valence-electron chi connectivity index (χ0n) is 13.2. The number of nitrogens with zero attached hydrogens (tertiary/aromatic N) is 2. The molecule has 1 aromatic heterocycles. The van der Waals surface area contributed by atoms with Gasteiger partial charge in [0.15, 0.2) is 0 Å². The van der Waals surface area contributed by atoms with Crippen molar-refractivity contribution in [3.8, 4) is 0 Å². The maximum Gasteiger partial charge on any atom is 0.244 e. The Labute approximate surface area is 128 Å². The van der Waals surface area contributed by atoms with Crippen LogP contribution in [-0.2, 0) is 5.54 Å². The maximum atomic E-state index is 2.66. The van der Waals surface area contributed by atoms with Gasteiger partial charge in [-0.05, 0) is 82.0 Å². The van der Waals surface area contributed by atoms with E-state index in [2.05, 4.69) is 27.9 Å². The summed E-state index contributed by atoms with van der Waals surface area (Å²) in [6.45, 7) is 0. The molecule has 6 rings (SSSR count). The number of aromatic nitrogens is 2. The van der Waals surface area contributed by atoms with Crippen molar-refractivity contribution in [3.05, 3.63) is 18.7 Å². The van der Waals surface area contributed by atoms with Gasteiger partial charge in [-0.15, -0.1) is 0 Å². The topological polar surface area (TPSA) is 8.81 Å². The highest BCUT2D eigenvalue weighted by atomic mass is 15.2. The molecule has 0 atom stereocenters. The van der Waals surface area contributed by atoms with Crippen molar-refractivity contribution in [3.63, 3.8) is 0 Å². The summed E-state index contributed by atoms with van der Waals surface area (Å²) in [5.41, 5.74) is 0.509. The van der Waals surface area contributed by atoms with Gasteiger partial charge in [-0.25, -0.2) is 9.13 Å². The van der Waals surface area contributed by atoms with Gasteiger partial charge in [-0.1, -0.05) is 6.42 Å². The van der Waals surface area contributed by atoms with E-state index in [1.165, 1.54) is 51.4 Å². The summed E-state index contributed by atoms with van der Waals surface area (Å²) >= 11 is 0. The van der Waals surface area contributed by atoms with E-state index < -0.39 is 0 Å². The first-order valence-electron chi connectivity index (χ1n) is 9.40. The molecule has 2 heteroatoms. The van der Waals surface area contributed by atoms with Crippen LogP contribution in [0.5, 0.6) is 0 Å². The second-order valence-electron chi connectivity index (χ2n) is 8.70. The van der Waals surface area contributed by atoms with Crippen LogP contribution in [0.3, 0.4) is 0 Å². The molecule has 0 unspecified atom stereocenters. The number of hydrogen-bond acceptors (Lipinski definition) is 0. The first-order chi connectivity index (χ1) is 10.3. The van der Waals surface area contributed by atoms with Crippen LogP contribution >= 0.6 is 0 Å². The van der Waals surface area contributed by atoms with E-state index >= 15 is 0 Å². The van der Waals surface area contributed by atoms with Crippen molar-refractivity contribution in [2.75, 3.05) is 0 Å². The van der Waals surface area contributed by atoms with Gasteiger partial charge < -0.3 is 0 Å². The first kappa shape index (κ1) is 12.7. The molecule has 0 radical (unpaired) electrons. The highest BCUT2D eigenvalue weighted by Gasteiger charge is 2.54. The van der Waals surface area contributed by atoms with Crippen LogP contribution in [0.25, 0.3) is 0 Å². The van der Waals surface area contributed by atoms with E-state index in [9.17, 15) is 0 Å². The third-order valence-electron chi connectivity index (χ3n) is 7.21. The second kappa shape index (κ2) is 4.60. The molecule has 0 aliphatic heterocycles. The van der Waals surface area contributed by atoms with Crippen LogP contribution < -0.4 is 4.57 Å². The van der Waals surface area contributed by atoms with Gasteiger partial charge in [0, 0.05) is 0 Å². The Balaban J connectivity index is 1.44. The zero-order chi connectivity index (χ0) is 13.9. The normalized spacial score (nSPS) is 42.6. The summed E-state index contributed by atoms with van der Waals surface area (Å²) in [4.78, 5) is 0. The van der Waals surface area contributed by atoms with Gasteiger partial charge in [-0.2, -0.15) is 0 Å². The fourth-order valence-corrected chi connectivity index (χ4v) is 6.63. The van der Waals surface area contributed by atoms with E-state index in [0.717, 1.165) is 23.8 Å². The molecule has 114 valence electrons. The molecule has 4 bridgehead atoms. The first-order valence-corrected chi connectivity index (χ1v) is 9.40. The third-order valence-corrected chi connectivity index (χ3v) is 7.21. The molecule has 5 aliphatic rings. The average molecular weight is 285 g/mol. The standard InChI is InChI=1S/C19H29N2/c1-2-4-18(5-3-1)20-6-7-21(14-20)19-11-15-8-16(12-19)10-17(9-15)13-19/h6-7,14-18H,1-5,8-13H2/q+1. The van der Waals surface area contributed by atoms with E-state index in [-0.39, 0.29) is 0 Å². The van der Waals surface area contributed by atoms with Gasteiger partial charge in [0.05, 0.1) is 0 Å². The Kier molecular flexibility index (Phi) is 2.79. The summed E-state index contributed by atoms with van der Waals surface area (Å²) in [6.07, 6.45) is 23.4. The van der Waals surface area contributed by atoms with Crippen LogP contribution in [0.1, 0.15) is 76.7 Å². The Morgan fingerprint density at radius 3 is 2.10 bits per heavy atom. The van der Waals surface area contributed by atoms with Crippen molar-refractivity contribution >= 4 is 0 Å². The lowest BCUT2D eigenvalue weighted by molar-refractivity contribution is -0.725.